The van der Waals surface area contributed by atoms with Crippen molar-refractivity contribution in [2.45, 2.75) is 32.9 Å². The van der Waals surface area contributed by atoms with Gasteiger partial charge in [-0.2, -0.15) is 0 Å². The van der Waals surface area contributed by atoms with Gasteiger partial charge < -0.3 is 10.6 Å². The summed E-state index contributed by atoms with van der Waals surface area (Å²) >= 11 is 0. The lowest BCUT2D eigenvalue weighted by molar-refractivity contribution is -0.134. The Morgan fingerprint density at radius 2 is 1.58 bits per heavy atom. The highest BCUT2D eigenvalue weighted by Gasteiger charge is 2.24. The number of hydrogen-bond donors (Lipinski definition) is 1. The quantitative estimate of drug-likeness (QED) is 0.860. The van der Waals surface area contributed by atoms with E-state index < -0.39 is 0 Å². The van der Waals surface area contributed by atoms with Crippen molar-refractivity contribution in [3.63, 3.8) is 0 Å². The number of halogens is 1. The number of amides is 1. The van der Waals surface area contributed by atoms with Crippen LogP contribution in [-0.4, -0.2) is 17.9 Å². The predicted octanol–water partition coefficient (Wildman–Crippen LogP) is 3.97. The Morgan fingerprint density at radius 1 is 1.04 bits per heavy atom. The molecule has 0 spiro atoms. The summed E-state index contributed by atoms with van der Waals surface area (Å²) in [5.74, 6) is -0.182. The van der Waals surface area contributed by atoms with Crippen molar-refractivity contribution >= 4 is 18.3 Å². The molecule has 2 atom stereocenters. The number of hydrogen-bond acceptors (Lipinski definition) is 2. The van der Waals surface area contributed by atoms with E-state index in [2.05, 4.69) is 31.2 Å². The van der Waals surface area contributed by atoms with Gasteiger partial charge in [-0.15, -0.1) is 12.4 Å². The minimum absolute atomic E-state index is 0. The molecule has 130 valence electrons. The highest BCUT2D eigenvalue weighted by Crippen LogP contribution is 2.21. The lowest BCUT2D eigenvalue weighted by atomic mass is 9.94. The average molecular weight is 347 g/mol. The molecular weight excluding hydrogens is 320 g/mol. The third kappa shape index (κ3) is 5.08. The van der Waals surface area contributed by atoms with Crippen LogP contribution in [0.2, 0.25) is 0 Å². The van der Waals surface area contributed by atoms with Crippen LogP contribution >= 0.6 is 12.4 Å². The third-order valence-electron chi connectivity index (χ3n) is 4.34. The molecule has 4 heteroatoms. The zero-order valence-electron chi connectivity index (χ0n) is 14.6. The Morgan fingerprint density at radius 3 is 2.12 bits per heavy atom. The summed E-state index contributed by atoms with van der Waals surface area (Å²) in [5.41, 5.74) is 9.70. The molecule has 24 heavy (non-hydrogen) atoms. The van der Waals surface area contributed by atoms with E-state index in [1.165, 1.54) is 5.56 Å². The first kappa shape index (κ1) is 20.2. The molecule has 0 aliphatic carbocycles. The van der Waals surface area contributed by atoms with Crippen molar-refractivity contribution in [1.29, 1.82) is 0 Å². The first-order valence-corrected chi connectivity index (χ1v) is 8.16. The fourth-order valence-electron chi connectivity index (χ4n) is 2.70. The molecule has 0 fully saturated rings. The molecule has 0 aliphatic rings. The molecule has 2 aromatic rings. The summed E-state index contributed by atoms with van der Waals surface area (Å²) in [4.78, 5) is 14.4. The topological polar surface area (TPSA) is 46.3 Å². The molecule has 2 aromatic carbocycles. The smallest absolute Gasteiger partial charge is 0.227 e. The van der Waals surface area contributed by atoms with Crippen LogP contribution in [0.25, 0.3) is 0 Å². The number of carbonyl (C=O) groups excluding carboxylic acids is 1. The second-order valence-electron chi connectivity index (χ2n) is 6.09. The van der Waals surface area contributed by atoms with Crippen molar-refractivity contribution in [3.05, 3.63) is 71.3 Å². The van der Waals surface area contributed by atoms with Gasteiger partial charge in [-0.05, 0) is 23.1 Å². The number of nitrogens with zero attached hydrogens (tertiary/aromatic N) is 1. The monoisotopic (exact) mass is 346 g/mol. The van der Waals surface area contributed by atoms with Gasteiger partial charge in [0.25, 0.3) is 0 Å². The van der Waals surface area contributed by atoms with Crippen LogP contribution in [0.1, 0.15) is 36.6 Å². The van der Waals surface area contributed by atoms with E-state index in [0.717, 1.165) is 17.5 Å². The Hall–Kier alpha value is -1.84. The zero-order valence-corrected chi connectivity index (χ0v) is 15.4. The summed E-state index contributed by atoms with van der Waals surface area (Å²) in [6.45, 7) is 4.64. The molecule has 2 rings (SSSR count). The molecule has 1 amide bonds. The molecule has 0 saturated carbocycles. The molecular formula is C20H27ClN2O. The van der Waals surface area contributed by atoms with Gasteiger partial charge in [0.05, 0.1) is 5.92 Å². The van der Waals surface area contributed by atoms with E-state index >= 15 is 0 Å². The average Bonchev–Trinajstić information content (AvgIpc) is 2.61. The normalized spacial score (nSPS) is 12.8. The van der Waals surface area contributed by atoms with Crippen LogP contribution in [0, 0.1) is 5.92 Å². The summed E-state index contributed by atoms with van der Waals surface area (Å²) in [7, 11) is 1.84. The van der Waals surface area contributed by atoms with Crippen LogP contribution in [0.4, 0.5) is 0 Å². The molecule has 0 aliphatic heterocycles. The van der Waals surface area contributed by atoms with Gasteiger partial charge >= 0.3 is 0 Å². The maximum atomic E-state index is 12.6. The van der Waals surface area contributed by atoms with Gasteiger partial charge in [-0.3, -0.25) is 4.79 Å². The summed E-state index contributed by atoms with van der Waals surface area (Å²) in [5, 5.41) is 0. The maximum Gasteiger partial charge on any atom is 0.227 e. The number of aryl methyl sites for hydroxylation is 1. The van der Waals surface area contributed by atoms with Crippen molar-refractivity contribution in [2.24, 2.45) is 11.7 Å². The molecule has 0 radical (unpaired) electrons. The molecule has 0 bridgehead atoms. The van der Waals surface area contributed by atoms with E-state index in [1.807, 2.05) is 44.3 Å². The van der Waals surface area contributed by atoms with E-state index in [4.69, 9.17) is 5.73 Å². The first-order chi connectivity index (χ1) is 11.0. The van der Waals surface area contributed by atoms with E-state index in [-0.39, 0.29) is 30.3 Å². The highest BCUT2D eigenvalue weighted by molar-refractivity contribution is 5.85. The highest BCUT2D eigenvalue weighted by atomic mass is 35.5. The third-order valence-corrected chi connectivity index (χ3v) is 4.34. The Labute approximate surface area is 151 Å². The fourth-order valence-corrected chi connectivity index (χ4v) is 2.70. The summed E-state index contributed by atoms with van der Waals surface area (Å²) in [6.07, 6.45) is 1.03. The van der Waals surface area contributed by atoms with Crippen molar-refractivity contribution in [3.8, 4) is 0 Å². The molecule has 3 nitrogen and oxygen atoms in total. The largest absolute Gasteiger partial charge is 0.341 e. The Bertz CT molecular complexity index is 628. The molecule has 2 N–H and O–H groups in total. The lowest BCUT2D eigenvalue weighted by Gasteiger charge is -2.25. The van der Waals surface area contributed by atoms with Gasteiger partial charge in [0, 0.05) is 19.6 Å². The molecule has 0 saturated heterocycles. The minimum atomic E-state index is -0.284. The summed E-state index contributed by atoms with van der Waals surface area (Å²) in [6, 6.07) is 17.9. The SMILES string of the molecule is CCc1ccc(CN(C)C(=O)C(C)C(N)c2ccccc2)cc1.Cl. The minimum Gasteiger partial charge on any atom is -0.341 e. The van der Waals surface area contributed by atoms with E-state index in [0.29, 0.717) is 6.54 Å². The fraction of sp³-hybridized carbons (Fsp3) is 0.350. The number of carbonyl (C=O) groups is 1. The van der Waals surface area contributed by atoms with Gasteiger partial charge in [0.1, 0.15) is 0 Å². The van der Waals surface area contributed by atoms with Gasteiger partial charge in [-0.1, -0.05) is 68.4 Å². The second kappa shape index (κ2) is 9.45. The van der Waals surface area contributed by atoms with Crippen molar-refractivity contribution in [1.82, 2.24) is 4.90 Å². The summed E-state index contributed by atoms with van der Waals surface area (Å²) < 4.78 is 0. The van der Waals surface area contributed by atoms with Crippen LogP contribution < -0.4 is 5.73 Å². The van der Waals surface area contributed by atoms with E-state index in [9.17, 15) is 4.79 Å². The van der Waals surface area contributed by atoms with Crippen LogP contribution in [0.3, 0.4) is 0 Å². The van der Waals surface area contributed by atoms with Crippen LogP contribution in [0.5, 0.6) is 0 Å². The van der Waals surface area contributed by atoms with Crippen molar-refractivity contribution in [2.75, 3.05) is 7.05 Å². The molecule has 2 unspecified atom stereocenters. The zero-order chi connectivity index (χ0) is 16.8. The van der Waals surface area contributed by atoms with Crippen molar-refractivity contribution < 1.29 is 4.79 Å². The predicted molar refractivity (Wildman–Crippen MR) is 102 cm³/mol. The van der Waals surface area contributed by atoms with Gasteiger partial charge in [-0.25, -0.2) is 0 Å². The second-order valence-corrected chi connectivity index (χ2v) is 6.09. The molecule has 0 aromatic heterocycles. The first-order valence-electron chi connectivity index (χ1n) is 8.16. The number of benzene rings is 2. The Kier molecular flexibility index (Phi) is 7.96. The maximum absolute atomic E-state index is 12.6. The van der Waals surface area contributed by atoms with E-state index in [1.54, 1.807) is 4.90 Å². The van der Waals surface area contributed by atoms with Gasteiger partial charge in [0.2, 0.25) is 5.91 Å². The number of nitrogens with two attached hydrogens (primary N) is 1. The van der Waals surface area contributed by atoms with Crippen LogP contribution in [-0.2, 0) is 17.8 Å². The lowest BCUT2D eigenvalue weighted by Crippen LogP contribution is -2.36. The number of rotatable bonds is 6. The standard InChI is InChI=1S/C20H26N2O.ClH/c1-4-16-10-12-17(13-11-16)14-22(3)20(23)15(2)19(21)18-8-6-5-7-9-18;/h5-13,15,19H,4,14,21H2,1-3H3;1H. The Balaban J connectivity index is 0.00000288. The van der Waals surface area contributed by atoms with Crippen LogP contribution in [0.15, 0.2) is 54.6 Å². The molecule has 0 heterocycles. The van der Waals surface area contributed by atoms with Gasteiger partial charge in [0.15, 0.2) is 0 Å².